The topological polar surface area (TPSA) is 85.5 Å². The molecular formula is C21H24F2N6O2. The van der Waals surface area contributed by atoms with Crippen LogP contribution >= 0.6 is 0 Å². The Hall–Kier alpha value is -3.17. The number of amides is 1. The zero-order valence-electron chi connectivity index (χ0n) is 17.4. The fraction of sp³-hybridized carbons (Fsp3) is 0.476. The summed E-state index contributed by atoms with van der Waals surface area (Å²) >= 11 is 0. The molecule has 1 aliphatic heterocycles. The molecule has 1 fully saturated rings. The number of carbonyl (C=O) groups is 1. The smallest absolute Gasteiger partial charge is 0.280 e. The highest BCUT2D eigenvalue weighted by Gasteiger charge is 2.34. The van der Waals surface area contributed by atoms with E-state index in [-0.39, 0.29) is 34.9 Å². The molecule has 1 saturated heterocycles. The van der Waals surface area contributed by atoms with Crippen LogP contribution < -0.4 is 4.74 Å². The summed E-state index contributed by atoms with van der Waals surface area (Å²) in [7, 11) is 0. The van der Waals surface area contributed by atoms with Gasteiger partial charge in [-0.1, -0.05) is 13.8 Å². The van der Waals surface area contributed by atoms with Crippen LogP contribution in [0.2, 0.25) is 0 Å². The Morgan fingerprint density at radius 2 is 2.19 bits per heavy atom. The summed E-state index contributed by atoms with van der Waals surface area (Å²) in [6.45, 7) is 5.43. The van der Waals surface area contributed by atoms with Gasteiger partial charge in [-0.3, -0.25) is 4.79 Å². The predicted molar refractivity (Wildman–Crippen MR) is 108 cm³/mol. The minimum Gasteiger partial charge on any atom is -0.491 e. The van der Waals surface area contributed by atoms with E-state index < -0.39 is 6.43 Å². The fourth-order valence-corrected chi connectivity index (χ4v) is 3.90. The van der Waals surface area contributed by atoms with Gasteiger partial charge in [0.05, 0.1) is 12.3 Å². The number of rotatable bonds is 6. The van der Waals surface area contributed by atoms with Gasteiger partial charge in [0.2, 0.25) is 0 Å². The van der Waals surface area contributed by atoms with E-state index in [1.165, 1.54) is 16.9 Å². The number of halogens is 2. The van der Waals surface area contributed by atoms with Crippen molar-refractivity contribution in [2.24, 2.45) is 5.92 Å². The van der Waals surface area contributed by atoms with Gasteiger partial charge in [-0.05, 0) is 37.0 Å². The first-order valence-corrected chi connectivity index (χ1v) is 10.3. The third-order valence-corrected chi connectivity index (χ3v) is 5.58. The average molecular weight is 430 g/mol. The maximum absolute atomic E-state index is 13.4. The second-order valence-electron chi connectivity index (χ2n) is 7.70. The third kappa shape index (κ3) is 4.19. The molecule has 10 heteroatoms. The second-order valence-corrected chi connectivity index (χ2v) is 7.70. The molecule has 4 rings (SSSR count). The monoisotopic (exact) mass is 430 g/mol. The molecule has 31 heavy (non-hydrogen) atoms. The highest BCUT2D eigenvalue weighted by molar-refractivity contribution is 5.95. The molecule has 0 radical (unpaired) electrons. The van der Waals surface area contributed by atoms with Gasteiger partial charge in [-0.25, -0.2) is 23.3 Å². The summed E-state index contributed by atoms with van der Waals surface area (Å²) in [5.41, 5.74) is 0.496. The number of carbonyl (C=O) groups excluding carboxylic acids is 1. The number of nitrogens with zero attached hydrogens (tertiary/aromatic N) is 6. The third-order valence-electron chi connectivity index (χ3n) is 5.58. The fourth-order valence-electron chi connectivity index (χ4n) is 3.90. The molecule has 0 unspecified atom stereocenters. The van der Waals surface area contributed by atoms with Crippen LogP contribution in [-0.2, 0) is 0 Å². The Kier molecular flexibility index (Phi) is 6.06. The Labute approximate surface area is 178 Å². The van der Waals surface area contributed by atoms with E-state index in [0.29, 0.717) is 31.1 Å². The molecule has 0 aliphatic carbocycles. The van der Waals surface area contributed by atoms with E-state index in [0.717, 1.165) is 12.8 Å². The van der Waals surface area contributed by atoms with Crippen molar-refractivity contribution < 1.29 is 18.3 Å². The molecule has 1 aliphatic rings. The minimum atomic E-state index is -2.72. The SMILES string of the molecule is CCCOc1cccnc1C(=O)N1CC[C@@H](C)[C@H](c2cc(C(F)F)nc3ncnn23)C1. The van der Waals surface area contributed by atoms with Gasteiger partial charge in [0.25, 0.3) is 18.1 Å². The summed E-state index contributed by atoms with van der Waals surface area (Å²) < 4.78 is 34.0. The van der Waals surface area contributed by atoms with Crippen molar-refractivity contribution >= 4 is 11.7 Å². The standard InChI is InChI=1S/C21H24F2N6O2/c1-3-9-31-17-5-4-7-24-18(17)20(30)28-8-6-13(2)14(11-28)16-10-15(19(22)23)27-21-25-12-26-29(16)21/h4-5,7,10,12-14,19H,3,6,8-9,11H2,1-2H3/t13-,14-/m1/s1. The summed E-state index contributed by atoms with van der Waals surface area (Å²) in [6.07, 6.45) is 1.67. The number of hydrogen-bond acceptors (Lipinski definition) is 6. The van der Waals surface area contributed by atoms with E-state index in [1.54, 1.807) is 23.2 Å². The van der Waals surface area contributed by atoms with Crippen LogP contribution in [0.5, 0.6) is 5.75 Å². The zero-order chi connectivity index (χ0) is 22.0. The van der Waals surface area contributed by atoms with Gasteiger partial charge >= 0.3 is 0 Å². The van der Waals surface area contributed by atoms with Crippen LogP contribution in [0.3, 0.4) is 0 Å². The van der Waals surface area contributed by atoms with E-state index in [1.807, 2.05) is 13.8 Å². The molecular weight excluding hydrogens is 406 g/mol. The van der Waals surface area contributed by atoms with Gasteiger partial charge in [-0.2, -0.15) is 10.1 Å². The Bertz CT molecular complexity index is 1070. The molecule has 8 nitrogen and oxygen atoms in total. The molecule has 0 aromatic carbocycles. The quantitative estimate of drug-likeness (QED) is 0.595. The van der Waals surface area contributed by atoms with Crippen molar-refractivity contribution in [3.63, 3.8) is 0 Å². The van der Waals surface area contributed by atoms with Crippen molar-refractivity contribution in [1.82, 2.24) is 29.5 Å². The first-order chi connectivity index (χ1) is 15.0. The largest absolute Gasteiger partial charge is 0.491 e. The van der Waals surface area contributed by atoms with E-state index >= 15 is 0 Å². The molecule has 3 aromatic rings. The average Bonchev–Trinajstić information content (AvgIpc) is 3.26. The summed E-state index contributed by atoms with van der Waals surface area (Å²) in [4.78, 5) is 27.1. The van der Waals surface area contributed by atoms with Crippen LogP contribution in [-0.4, -0.2) is 55.1 Å². The number of aromatic nitrogens is 5. The Balaban J connectivity index is 1.65. The molecule has 0 saturated carbocycles. The number of ether oxygens (including phenoxy) is 1. The van der Waals surface area contributed by atoms with E-state index in [9.17, 15) is 13.6 Å². The molecule has 2 atom stereocenters. The van der Waals surface area contributed by atoms with Crippen molar-refractivity contribution in [2.45, 2.75) is 39.0 Å². The summed E-state index contributed by atoms with van der Waals surface area (Å²) in [5, 5.41) is 4.17. The molecule has 0 bridgehead atoms. The highest BCUT2D eigenvalue weighted by Crippen LogP contribution is 2.34. The highest BCUT2D eigenvalue weighted by atomic mass is 19.3. The minimum absolute atomic E-state index is 0.128. The van der Waals surface area contributed by atoms with Crippen molar-refractivity contribution in [3.8, 4) is 5.75 Å². The first-order valence-electron chi connectivity index (χ1n) is 10.3. The van der Waals surface area contributed by atoms with Gasteiger partial charge in [-0.15, -0.1) is 0 Å². The Morgan fingerprint density at radius 1 is 1.35 bits per heavy atom. The number of fused-ring (bicyclic) bond motifs is 1. The van der Waals surface area contributed by atoms with Crippen LogP contribution in [0.4, 0.5) is 8.78 Å². The zero-order valence-corrected chi connectivity index (χ0v) is 17.4. The van der Waals surface area contributed by atoms with Gasteiger partial charge in [0, 0.05) is 25.2 Å². The van der Waals surface area contributed by atoms with Crippen LogP contribution in [0.25, 0.3) is 5.78 Å². The maximum atomic E-state index is 13.4. The van der Waals surface area contributed by atoms with Gasteiger partial charge in [0.1, 0.15) is 12.0 Å². The number of hydrogen-bond donors (Lipinski definition) is 0. The van der Waals surface area contributed by atoms with E-state index in [4.69, 9.17) is 4.74 Å². The van der Waals surface area contributed by atoms with Crippen LogP contribution in [0.15, 0.2) is 30.7 Å². The second kappa shape index (κ2) is 8.91. The molecule has 3 aromatic heterocycles. The lowest BCUT2D eigenvalue weighted by molar-refractivity contribution is 0.0654. The lowest BCUT2D eigenvalue weighted by Gasteiger charge is -2.37. The lowest BCUT2D eigenvalue weighted by Crippen LogP contribution is -2.43. The van der Waals surface area contributed by atoms with Gasteiger partial charge < -0.3 is 9.64 Å². The summed E-state index contributed by atoms with van der Waals surface area (Å²) in [6, 6.07) is 4.84. The lowest BCUT2D eigenvalue weighted by atomic mass is 9.84. The molecule has 0 N–H and O–H groups in total. The predicted octanol–water partition coefficient (Wildman–Crippen LogP) is 3.51. The van der Waals surface area contributed by atoms with Gasteiger partial charge in [0.15, 0.2) is 11.4 Å². The Morgan fingerprint density at radius 3 is 2.97 bits per heavy atom. The van der Waals surface area contributed by atoms with Crippen molar-refractivity contribution in [2.75, 3.05) is 19.7 Å². The molecule has 164 valence electrons. The summed E-state index contributed by atoms with van der Waals surface area (Å²) in [5.74, 6) is 0.298. The molecule has 4 heterocycles. The van der Waals surface area contributed by atoms with Crippen LogP contribution in [0, 0.1) is 5.92 Å². The maximum Gasteiger partial charge on any atom is 0.280 e. The van der Waals surface area contributed by atoms with Crippen molar-refractivity contribution in [3.05, 3.63) is 47.8 Å². The number of piperidine rings is 1. The number of alkyl halides is 2. The number of pyridine rings is 1. The van der Waals surface area contributed by atoms with Crippen LogP contribution in [0.1, 0.15) is 60.9 Å². The molecule has 1 amide bonds. The first kappa shape index (κ1) is 21.1. The molecule has 0 spiro atoms. The van der Waals surface area contributed by atoms with E-state index in [2.05, 4.69) is 20.1 Å². The van der Waals surface area contributed by atoms with Crippen molar-refractivity contribution in [1.29, 1.82) is 0 Å². The number of likely N-dealkylation sites (tertiary alicyclic amines) is 1. The normalized spacial score (nSPS) is 19.2.